The highest BCUT2D eigenvalue weighted by Crippen LogP contribution is 2.24. The fraction of sp³-hybridized carbons (Fsp3) is 0.348. The van der Waals surface area contributed by atoms with Gasteiger partial charge in [0.15, 0.2) is 0 Å². The van der Waals surface area contributed by atoms with Gasteiger partial charge in [0.25, 0.3) is 11.5 Å². The minimum absolute atomic E-state index is 0.139. The molecule has 180 valence electrons. The average molecular weight is 477 g/mol. The lowest BCUT2D eigenvalue weighted by Crippen LogP contribution is -2.45. The van der Waals surface area contributed by atoms with E-state index < -0.39 is 23.4 Å². The Morgan fingerprint density at radius 1 is 1.20 bits per heavy atom. The number of fused-ring (bicyclic) bond motifs is 1. The Balaban J connectivity index is 1.46. The SMILES string of the molecule is Cc1nc2c(NC(=O)c3ccnc(C4COCCN4)n3)cccc2c(=O)n1C1CCC(=O)NC1=O. The number of morpholine rings is 1. The summed E-state index contributed by atoms with van der Waals surface area (Å²) in [7, 11) is 0. The van der Waals surface area contributed by atoms with Gasteiger partial charge < -0.3 is 15.4 Å². The lowest BCUT2D eigenvalue weighted by Gasteiger charge is -2.24. The van der Waals surface area contributed by atoms with Crippen LogP contribution in [0.5, 0.6) is 0 Å². The first-order valence-corrected chi connectivity index (χ1v) is 11.2. The van der Waals surface area contributed by atoms with E-state index >= 15 is 0 Å². The van der Waals surface area contributed by atoms with Crippen molar-refractivity contribution in [1.82, 2.24) is 30.2 Å². The van der Waals surface area contributed by atoms with Crippen LogP contribution in [0.25, 0.3) is 10.9 Å². The van der Waals surface area contributed by atoms with Gasteiger partial charge in [-0.05, 0) is 31.5 Å². The van der Waals surface area contributed by atoms with Crippen molar-refractivity contribution in [3.05, 3.63) is 58.2 Å². The van der Waals surface area contributed by atoms with Crippen molar-refractivity contribution >= 4 is 34.3 Å². The molecule has 2 aliphatic heterocycles. The van der Waals surface area contributed by atoms with E-state index in [4.69, 9.17) is 4.74 Å². The number of ether oxygens (including phenoxy) is 1. The second-order valence-corrected chi connectivity index (χ2v) is 8.34. The number of anilines is 1. The molecule has 0 spiro atoms. The lowest BCUT2D eigenvalue weighted by atomic mass is 10.1. The molecule has 0 bridgehead atoms. The third-order valence-electron chi connectivity index (χ3n) is 6.02. The molecule has 2 aliphatic rings. The number of nitrogens with zero attached hydrogens (tertiary/aromatic N) is 4. The van der Waals surface area contributed by atoms with Crippen molar-refractivity contribution in [3.63, 3.8) is 0 Å². The maximum atomic E-state index is 13.3. The quantitative estimate of drug-likeness (QED) is 0.452. The van der Waals surface area contributed by atoms with E-state index in [0.29, 0.717) is 42.6 Å². The molecule has 3 N–H and O–H groups in total. The summed E-state index contributed by atoms with van der Waals surface area (Å²) in [4.78, 5) is 63.3. The van der Waals surface area contributed by atoms with E-state index in [1.165, 1.54) is 16.8 Å². The zero-order chi connectivity index (χ0) is 24.5. The first kappa shape index (κ1) is 22.7. The molecular weight excluding hydrogens is 454 g/mol. The van der Waals surface area contributed by atoms with Gasteiger partial charge >= 0.3 is 0 Å². The number of carbonyl (C=O) groups is 3. The second-order valence-electron chi connectivity index (χ2n) is 8.34. The van der Waals surface area contributed by atoms with Gasteiger partial charge in [-0.15, -0.1) is 0 Å². The Morgan fingerprint density at radius 2 is 2.06 bits per heavy atom. The van der Waals surface area contributed by atoms with Gasteiger partial charge in [-0.3, -0.25) is 29.1 Å². The van der Waals surface area contributed by atoms with Crippen LogP contribution in [-0.4, -0.2) is 57.0 Å². The summed E-state index contributed by atoms with van der Waals surface area (Å²) in [6.07, 6.45) is 1.86. The van der Waals surface area contributed by atoms with E-state index in [1.54, 1.807) is 25.1 Å². The minimum Gasteiger partial charge on any atom is -0.378 e. The minimum atomic E-state index is -0.827. The lowest BCUT2D eigenvalue weighted by molar-refractivity contribution is -0.135. The Kier molecular flexibility index (Phi) is 6.05. The molecule has 4 heterocycles. The van der Waals surface area contributed by atoms with Crippen molar-refractivity contribution in [2.45, 2.75) is 31.8 Å². The summed E-state index contributed by atoms with van der Waals surface area (Å²) >= 11 is 0. The molecule has 2 fully saturated rings. The van der Waals surface area contributed by atoms with Crippen LogP contribution in [0, 0.1) is 6.92 Å². The molecule has 1 aromatic carbocycles. The number of imide groups is 1. The van der Waals surface area contributed by atoms with Crippen LogP contribution in [0.15, 0.2) is 35.3 Å². The Labute approximate surface area is 199 Å². The van der Waals surface area contributed by atoms with Crippen LogP contribution in [0.2, 0.25) is 0 Å². The molecule has 2 aromatic heterocycles. The van der Waals surface area contributed by atoms with E-state index in [1.807, 2.05) is 0 Å². The molecule has 0 radical (unpaired) electrons. The van der Waals surface area contributed by atoms with Crippen molar-refractivity contribution < 1.29 is 19.1 Å². The van der Waals surface area contributed by atoms with E-state index in [9.17, 15) is 19.2 Å². The van der Waals surface area contributed by atoms with Gasteiger partial charge in [0, 0.05) is 19.2 Å². The summed E-state index contributed by atoms with van der Waals surface area (Å²) in [5, 5.41) is 8.54. The fourth-order valence-electron chi connectivity index (χ4n) is 4.31. The molecular formula is C23H23N7O5. The molecule has 2 atom stereocenters. The number of aromatic nitrogens is 4. The molecule has 12 heteroatoms. The molecule has 2 saturated heterocycles. The Bertz CT molecular complexity index is 1400. The monoisotopic (exact) mass is 477 g/mol. The number of hydrogen-bond donors (Lipinski definition) is 3. The molecule has 12 nitrogen and oxygen atoms in total. The first-order chi connectivity index (χ1) is 16.9. The van der Waals surface area contributed by atoms with E-state index in [0.717, 1.165) is 0 Å². The molecule has 3 aromatic rings. The highest BCUT2D eigenvalue weighted by molar-refractivity contribution is 6.07. The maximum absolute atomic E-state index is 13.3. The van der Waals surface area contributed by atoms with Crippen LogP contribution < -0.4 is 21.5 Å². The summed E-state index contributed by atoms with van der Waals surface area (Å²) in [6, 6.07) is 5.32. The number of nitrogens with one attached hydrogen (secondary N) is 3. The van der Waals surface area contributed by atoms with Crippen LogP contribution >= 0.6 is 0 Å². The van der Waals surface area contributed by atoms with Crippen molar-refractivity contribution in [1.29, 1.82) is 0 Å². The molecule has 0 saturated carbocycles. The average Bonchev–Trinajstić information content (AvgIpc) is 2.86. The van der Waals surface area contributed by atoms with Gasteiger partial charge in [0.2, 0.25) is 11.8 Å². The van der Waals surface area contributed by atoms with Crippen molar-refractivity contribution in [2.24, 2.45) is 0 Å². The number of carbonyl (C=O) groups excluding carboxylic acids is 3. The summed E-state index contributed by atoms with van der Waals surface area (Å²) in [6.45, 7) is 3.30. The zero-order valence-corrected chi connectivity index (χ0v) is 18.9. The topological polar surface area (TPSA) is 157 Å². The summed E-state index contributed by atoms with van der Waals surface area (Å²) in [5.74, 6) is -0.626. The number of rotatable bonds is 4. The number of hydrogen-bond acceptors (Lipinski definition) is 9. The van der Waals surface area contributed by atoms with Gasteiger partial charge in [-0.25, -0.2) is 15.0 Å². The van der Waals surface area contributed by atoms with Crippen LogP contribution in [0.1, 0.15) is 47.1 Å². The number of aryl methyl sites for hydroxylation is 1. The van der Waals surface area contributed by atoms with Crippen LogP contribution in [-0.2, 0) is 14.3 Å². The predicted molar refractivity (Wildman–Crippen MR) is 124 cm³/mol. The van der Waals surface area contributed by atoms with E-state index in [-0.39, 0.29) is 35.9 Å². The summed E-state index contributed by atoms with van der Waals surface area (Å²) in [5.41, 5.74) is 0.365. The summed E-state index contributed by atoms with van der Waals surface area (Å²) < 4.78 is 6.74. The Morgan fingerprint density at radius 3 is 2.83 bits per heavy atom. The fourth-order valence-corrected chi connectivity index (χ4v) is 4.31. The first-order valence-electron chi connectivity index (χ1n) is 11.2. The molecule has 2 unspecified atom stereocenters. The highest BCUT2D eigenvalue weighted by atomic mass is 16.5. The van der Waals surface area contributed by atoms with Crippen molar-refractivity contribution in [2.75, 3.05) is 25.1 Å². The molecule has 5 rings (SSSR count). The second kappa shape index (κ2) is 9.31. The van der Waals surface area contributed by atoms with Gasteiger partial charge in [0.05, 0.1) is 30.3 Å². The maximum Gasteiger partial charge on any atom is 0.274 e. The molecule has 0 aliphatic carbocycles. The number of benzene rings is 1. The normalized spacial score (nSPS) is 20.5. The smallest absolute Gasteiger partial charge is 0.274 e. The predicted octanol–water partition coefficient (Wildman–Crippen LogP) is 0.386. The zero-order valence-electron chi connectivity index (χ0n) is 18.9. The molecule has 35 heavy (non-hydrogen) atoms. The van der Waals surface area contributed by atoms with Gasteiger partial charge in [-0.2, -0.15) is 0 Å². The van der Waals surface area contributed by atoms with Gasteiger partial charge in [-0.1, -0.05) is 6.07 Å². The highest BCUT2D eigenvalue weighted by Gasteiger charge is 2.30. The van der Waals surface area contributed by atoms with Crippen LogP contribution in [0.4, 0.5) is 5.69 Å². The van der Waals surface area contributed by atoms with Gasteiger partial charge in [0.1, 0.15) is 28.9 Å². The number of amides is 3. The number of piperidine rings is 1. The molecule has 3 amide bonds. The number of para-hydroxylation sites is 1. The third-order valence-corrected chi connectivity index (χ3v) is 6.02. The Hall–Kier alpha value is -4.03. The van der Waals surface area contributed by atoms with E-state index in [2.05, 4.69) is 30.9 Å². The largest absolute Gasteiger partial charge is 0.378 e. The van der Waals surface area contributed by atoms with Crippen molar-refractivity contribution in [3.8, 4) is 0 Å². The van der Waals surface area contributed by atoms with Crippen LogP contribution in [0.3, 0.4) is 0 Å². The third kappa shape index (κ3) is 4.40. The standard InChI is InChI=1S/C23H23N7O5/c1-12-26-19-13(23(34)30(12)17-5-6-18(31)29-22(17)33)3-2-4-14(19)28-21(32)15-7-8-25-20(27-15)16-11-35-10-9-24-16/h2-4,7-8,16-17,24H,5-6,9-11H2,1H3,(H,28,32)(H,29,31,33).